The third kappa shape index (κ3) is 3.13. The van der Waals surface area contributed by atoms with Crippen LogP contribution in [0, 0.1) is 5.92 Å². The Bertz CT molecular complexity index is 789. The van der Waals surface area contributed by atoms with Crippen LogP contribution >= 0.6 is 11.3 Å². The number of nitrogens with zero attached hydrogens (tertiary/aromatic N) is 1. The fourth-order valence-electron chi connectivity index (χ4n) is 2.48. The number of carbonyl (C=O) groups is 3. The van der Waals surface area contributed by atoms with Crippen LogP contribution in [0.15, 0.2) is 29.8 Å². The van der Waals surface area contributed by atoms with E-state index in [1.807, 2.05) is 17.5 Å². The maximum atomic E-state index is 12.2. The Balaban J connectivity index is 1.85. The molecule has 3 amide bonds. The lowest BCUT2D eigenvalue weighted by molar-refractivity contribution is -0.136. The first kappa shape index (κ1) is 16.1. The summed E-state index contributed by atoms with van der Waals surface area (Å²) >= 11 is 1.54. The summed E-state index contributed by atoms with van der Waals surface area (Å²) in [6.45, 7) is 1.67. The molecule has 8 heteroatoms. The van der Waals surface area contributed by atoms with Gasteiger partial charge in [0.1, 0.15) is 5.92 Å². The first-order valence-electron chi connectivity index (χ1n) is 7.51. The molecule has 3 heterocycles. The molecule has 0 spiro atoms. The molecule has 3 rings (SSSR count). The molecule has 0 saturated heterocycles. The topological polar surface area (TPSA) is 100 Å². The monoisotopic (exact) mass is 344 g/mol. The van der Waals surface area contributed by atoms with Crippen molar-refractivity contribution in [2.45, 2.75) is 19.8 Å². The zero-order valence-corrected chi connectivity index (χ0v) is 13.8. The number of amides is 3. The van der Waals surface area contributed by atoms with E-state index < -0.39 is 17.7 Å². The number of thiophene rings is 1. The Morgan fingerprint density at radius 2 is 2.21 bits per heavy atom. The summed E-state index contributed by atoms with van der Waals surface area (Å²) in [7, 11) is 0. The molecular formula is C16H16N4O3S. The zero-order chi connectivity index (χ0) is 17.1. The van der Waals surface area contributed by atoms with Gasteiger partial charge in [-0.15, -0.1) is 11.3 Å². The number of hydrogen-bond donors (Lipinski definition) is 3. The summed E-state index contributed by atoms with van der Waals surface area (Å²) < 4.78 is 0. The Hall–Kier alpha value is -2.74. The molecule has 0 fully saturated rings. The van der Waals surface area contributed by atoms with Crippen molar-refractivity contribution in [3.8, 4) is 10.6 Å². The van der Waals surface area contributed by atoms with Crippen molar-refractivity contribution in [2.75, 3.05) is 5.32 Å². The van der Waals surface area contributed by atoms with E-state index in [0.717, 1.165) is 16.1 Å². The van der Waals surface area contributed by atoms with Crippen molar-refractivity contribution in [3.63, 3.8) is 0 Å². The summed E-state index contributed by atoms with van der Waals surface area (Å²) in [5.41, 5.74) is 6.83. The molecule has 1 unspecified atom stereocenters. The number of carbonyl (C=O) groups excluding carboxylic acids is 3. The van der Waals surface area contributed by atoms with Crippen LogP contribution in [-0.2, 0) is 20.8 Å². The van der Waals surface area contributed by atoms with Gasteiger partial charge in [-0.3, -0.25) is 30.2 Å². The molecule has 124 valence electrons. The van der Waals surface area contributed by atoms with Gasteiger partial charge in [0.15, 0.2) is 0 Å². The van der Waals surface area contributed by atoms with Crippen LogP contribution in [0.4, 0.5) is 5.69 Å². The van der Waals surface area contributed by atoms with E-state index >= 15 is 0 Å². The van der Waals surface area contributed by atoms with Crippen molar-refractivity contribution in [2.24, 2.45) is 5.92 Å². The molecule has 1 atom stereocenters. The maximum Gasteiger partial charge on any atom is 0.251 e. The number of nitrogens with one attached hydrogen (secondary N) is 3. The molecule has 0 bridgehead atoms. The number of pyridine rings is 1. The van der Waals surface area contributed by atoms with Crippen molar-refractivity contribution in [3.05, 3.63) is 35.3 Å². The number of aromatic nitrogens is 1. The smallest absolute Gasteiger partial charge is 0.251 e. The Morgan fingerprint density at radius 3 is 2.92 bits per heavy atom. The van der Waals surface area contributed by atoms with E-state index in [9.17, 15) is 14.4 Å². The van der Waals surface area contributed by atoms with Crippen molar-refractivity contribution in [1.29, 1.82) is 0 Å². The maximum absolute atomic E-state index is 12.2. The summed E-state index contributed by atoms with van der Waals surface area (Å²) in [6, 6.07) is 5.59. The number of hydrazine groups is 1. The van der Waals surface area contributed by atoms with Crippen molar-refractivity contribution < 1.29 is 14.4 Å². The molecular weight excluding hydrogens is 328 g/mol. The minimum atomic E-state index is -0.919. The fraction of sp³-hybridized carbons (Fsp3) is 0.250. The Morgan fingerprint density at radius 1 is 1.38 bits per heavy atom. The average Bonchev–Trinajstić information content (AvgIpc) is 3.12. The second-order valence-corrected chi connectivity index (χ2v) is 6.25. The molecule has 2 aromatic rings. The first-order valence-corrected chi connectivity index (χ1v) is 8.39. The molecule has 0 radical (unpaired) electrons. The van der Waals surface area contributed by atoms with Crippen molar-refractivity contribution in [1.82, 2.24) is 15.8 Å². The van der Waals surface area contributed by atoms with Crippen LogP contribution in [0.1, 0.15) is 18.9 Å². The molecule has 3 N–H and O–H groups in total. The number of fused-ring (bicyclic) bond motifs is 1. The first-order chi connectivity index (χ1) is 11.6. The van der Waals surface area contributed by atoms with E-state index in [2.05, 4.69) is 21.2 Å². The molecule has 0 aliphatic carbocycles. The minimum Gasteiger partial charge on any atom is -0.325 e. The highest BCUT2D eigenvalue weighted by molar-refractivity contribution is 7.13. The number of rotatable bonds is 3. The van der Waals surface area contributed by atoms with Gasteiger partial charge >= 0.3 is 0 Å². The lowest BCUT2D eigenvalue weighted by Gasteiger charge is -2.25. The Kier molecular flexibility index (Phi) is 4.57. The van der Waals surface area contributed by atoms with Gasteiger partial charge in [0.05, 0.1) is 10.6 Å². The van der Waals surface area contributed by atoms with Gasteiger partial charge in [-0.2, -0.15) is 0 Å². The SMILES string of the molecule is CCC(=O)NNC(=O)C1Cc2c(ccnc2-c2cccs2)NC1=O. The highest BCUT2D eigenvalue weighted by Crippen LogP contribution is 2.34. The number of hydrogen-bond acceptors (Lipinski definition) is 5. The third-order valence-corrected chi connectivity index (χ3v) is 4.63. The van der Waals surface area contributed by atoms with Gasteiger partial charge in [0, 0.05) is 23.9 Å². The zero-order valence-electron chi connectivity index (χ0n) is 13.0. The Labute approximate surface area is 142 Å². The van der Waals surface area contributed by atoms with Gasteiger partial charge in [-0.25, -0.2) is 0 Å². The van der Waals surface area contributed by atoms with Gasteiger partial charge < -0.3 is 5.32 Å². The second-order valence-electron chi connectivity index (χ2n) is 5.30. The van der Waals surface area contributed by atoms with E-state index in [1.165, 1.54) is 0 Å². The van der Waals surface area contributed by atoms with Crippen LogP contribution in [0.3, 0.4) is 0 Å². The summed E-state index contributed by atoms with van der Waals surface area (Å²) in [4.78, 5) is 41.1. The molecule has 1 aliphatic heterocycles. The molecule has 7 nitrogen and oxygen atoms in total. The lowest BCUT2D eigenvalue weighted by atomic mass is 9.91. The van der Waals surface area contributed by atoms with E-state index in [1.54, 1.807) is 30.5 Å². The van der Waals surface area contributed by atoms with Crippen LogP contribution in [0.2, 0.25) is 0 Å². The third-order valence-electron chi connectivity index (χ3n) is 3.76. The fourth-order valence-corrected chi connectivity index (χ4v) is 3.23. The normalized spacial score (nSPS) is 16.0. The van der Waals surface area contributed by atoms with Gasteiger partial charge in [0.2, 0.25) is 11.8 Å². The number of anilines is 1. The molecule has 0 saturated carbocycles. The highest BCUT2D eigenvalue weighted by atomic mass is 32.1. The van der Waals surface area contributed by atoms with Gasteiger partial charge in [-0.05, 0) is 23.9 Å². The van der Waals surface area contributed by atoms with E-state index in [-0.39, 0.29) is 18.7 Å². The van der Waals surface area contributed by atoms with Crippen LogP contribution in [-0.4, -0.2) is 22.7 Å². The molecule has 1 aliphatic rings. The predicted octanol–water partition coefficient (Wildman–Crippen LogP) is 1.48. The van der Waals surface area contributed by atoms with Gasteiger partial charge in [-0.1, -0.05) is 13.0 Å². The summed E-state index contributed by atoms with van der Waals surface area (Å²) in [6.07, 6.45) is 2.11. The average molecular weight is 344 g/mol. The highest BCUT2D eigenvalue weighted by Gasteiger charge is 2.34. The molecule has 24 heavy (non-hydrogen) atoms. The summed E-state index contributed by atoms with van der Waals surface area (Å²) in [5.74, 6) is -2.17. The van der Waals surface area contributed by atoms with E-state index in [0.29, 0.717) is 5.69 Å². The van der Waals surface area contributed by atoms with Crippen molar-refractivity contribution >= 4 is 34.7 Å². The quantitative estimate of drug-likeness (QED) is 0.580. The van der Waals surface area contributed by atoms with Crippen LogP contribution < -0.4 is 16.2 Å². The second kappa shape index (κ2) is 6.79. The lowest BCUT2D eigenvalue weighted by Crippen LogP contribution is -2.49. The molecule has 2 aromatic heterocycles. The van der Waals surface area contributed by atoms with Crippen LogP contribution in [0.5, 0.6) is 0 Å². The minimum absolute atomic E-state index is 0.232. The van der Waals surface area contributed by atoms with E-state index in [4.69, 9.17) is 0 Å². The standard InChI is InChI=1S/C16H16N4O3S/c1-2-13(21)19-20-16(23)10-8-9-11(18-15(10)22)5-6-17-14(9)12-4-3-7-24-12/h3-7,10H,2,8H2,1H3,(H,18,22)(H,19,21)(H,20,23). The summed E-state index contributed by atoms with van der Waals surface area (Å²) in [5, 5.41) is 4.69. The molecule has 0 aromatic carbocycles. The predicted molar refractivity (Wildman–Crippen MR) is 90.0 cm³/mol. The largest absolute Gasteiger partial charge is 0.325 e. The van der Waals surface area contributed by atoms with Crippen LogP contribution in [0.25, 0.3) is 10.6 Å². The van der Waals surface area contributed by atoms with Gasteiger partial charge in [0.25, 0.3) is 5.91 Å².